The topological polar surface area (TPSA) is 0 Å². The summed E-state index contributed by atoms with van der Waals surface area (Å²) in [6, 6.07) is 0. The number of hydrogen-bond donors (Lipinski definition) is 0. The molecule has 2 atom stereocenters. The molecule has 0 N–H and O–H groups in total. The standard InChI is InChI=1S/C18H36Si2/c1-16(2)11-10-12-17(3)15-18(20(7,8)9)13-14-19(4,5)6/h11,17-18H,10,12,15H2,1-9H3/t17-,18?/m1/s1. The van der Waals surface area contributed by atoms with Crippen molar-refractivity contribution >= 4 is 16.1 Å². The zero-order chi connectivity index (χ0) is 16.0. The minimum absolute atomic E-state index is 0.663. The fourth-order valence-corrected chi connectivity index (χ4v) is 4.48. The molecule has 2 heteroatoms. The summed E-state index contributed by atoms with van der Waals surface area (Å²) >= 11 is 0. The second kappa shape index (κ2) is 8.24. The fourth-order valence-electron chi connectivity index (χ4n) is 2.11. The first kappa shape index (κ1) is 19.7. The number of allylic oxidation sites excluding steroid dienone is 2. The summed E-state index contributed by atoms with van der Waals surface area (Å²) in [5, 5.41) is 0. The molecule has 0 aromatic carbocycles. The van der Waals surface area contributed by atoms with Crippen LogP contribution in [0.3, 0.4) is 0 Å². The van der Waals surface area contributed by atoms with E-state index in [-0.39, 0.29) is 0 Å². The molecule has 0 aromatic heterocycles. The fraction of sp³-hybridized carbons (Fsp3) is 0.778. The normalized spacial score (nSPS) is 15.1. The molecule has 0 heterocycles. The van der Waals surface area contributed by atoms with Crippen LogP contribution in [-0.4, -0.2) is 16.1 Å². The van der Waals surface area contributed by atoms with E-state index in [9.17, 15) is 0 Å². The lowest BCUT2D eigenvalue weighted by atomic mass is 9.99. The molecule has 20 heavy (non-hydrogen) atoms. The van der Waals surface area contributed by atoms with Crippen LogP contribution in [0.1, 0.15) is 40.0 Å². The van der Waals surface area contributed by atoms with Crippen molar-refractivity contribution in [2.45, 2.75) is 84.9 Å². The van der Waals surface area contributed by atoms with Crippen molar-refractivity contribution in [1.82, 2.24) is 0 Å². The average Bonchev–Trinajstić information content (AvgIpc) is 2.20. The molecule has 1 unspecified atom stereocenters. The second-order valence-electron chi connectivity index (χ2n) is 8.64. The van der Waals surface area contributed by atoms with Gasteiger partial charge in [0.25, 0.3) is 0 Å². The summed E-state index contributed by atoms with van der Waals surface area (Å²) in [6.45, 7) is 21.2. The van der Waals surface area contributed by atoms with Crippen molar-refractivity contribution in [1.29, 1.82) is 0 Å². The molecule has 0 saturated carbocycles. The van der Waals surface area contributed by atoms with Gasteiger partial charge < -0.3 is 0 Å². The van der Waals surface area contributed by atoms with E-state index in [1.165, 1.54) is 24.8 Å². The third-order valence-corrected chi connectivity index (χ3v) is 6.88. The van der Waals surface area contributed by atoms with Gasteiger partial charge in [-0.05, 0) is 39.0 Å². The van der Waals surface area contributed by atoms with Gasteiger partial charge in [-0.3, -0.25) is 0 Å². The Hall–Kier alpha value is -0.266. The first-order chi connectivity index (χ1) is 8.92. The Bertz CT molecular complexity index is 365. The van der Waals surface area contributed by atoms with E-state index in [0.717, 1.165) is 5.92 Å². The first-order valence-corrected chi connectivity index (χ1v) is 15.2. The van der Waals surface area contributed by atoms with Crippen LogP contribution in [0.2, 0.25) is 44.8 Å². The van der Waals surface area contributed by atoms with Crippen molar-refractivity contribution in [3.05, 3.63) is 11.6 Å². The molecule has 0 spiro atoms. The Morgan fingerprint density at radius 1 is 1.05 bits per heavy atom. The van der Waals surface area contributed by atoms with Crippen LogP contribution in [0.25, 0.3) is 0 Å². The third kappa shape index (κ3) is 10.5. The molecular weight excluding hydrogens is 272 g/mol. The second-order valence-corrected chi connectivity index (χ2v) is 18.8. The first-order valence-electron chi connectivity index (χ1n) is 8.08. The minimum Gasteiger partial charge on any atom is -0.132 e. The molecule has 0 saturated heterocycles. The van der Waals surface area contributed by atoms with E-state index in [4.69, 9.17) is 0 Å². The lowest BCUT2D eigenvalue weighted by Gasteiger charge is -2.27. The van der Waals surface area contributed by atoms with Crippen LogP contribution in [0.4, 0.5) is 0 Å². The summed E-state index contributed by atoms with van der Waals surface area (Å²) in [7, 11) is -2.42. The highest BCUT2D eigenvalue weighted by Crippen LogP contribution is 2.30. The smallest absolute Gasteiger partial charge is 0.129 e. The van der Waals surface area contributed by atoms with Gasteiger partial charge in [0.15, 0.2) is 0 Å². The van der Waals surface area contributed by atoms with Crippen molar-refractivity contribution in [3.63, 3.8) is 0 Å². The van der Waals surface area contributed by atoms with Crippen molar-refractivity contribution in [2.75, 3.05) is 0 Å². The zero-order valence-electron chi connectivity index (χ0n) is 15.4. The summed E-state index contributed by atoms with van der Waals surface area (Å²) < 4.78 is 0. The van der Waals surface area contributed by atoms with Crippen LogP contribution in [0, 0.1) is 17.4 Å². The largest absolute Gasteiger partial charge is 0.132 e. The Morgan fingerprint density at radius 2 is 1.60 bits per heavy atom. The van der Waals surface area contributed by atoms with Gasteiger partial charge in [0.05, 0.1) is 8.07 Å². The predicted molar refractivity (Wildman–Crippen MR) is 101 cm³/mol. The lowest BCUT2D eigenvalue weighted by Crippen LogP contribution is -2.29. The third-order valence-electron chi connectivity index (χ3n) is 3.52. The van der Waals surface area contributed by atoms with Gasteiger partial charge >= 0.3 is 0 Å². The summed E-state index contributed by atoms with van der Waals surface area (Å²) in [4.78, 5) is 0. The molecule has 0 aliphatic rings. The van der Waals surface area contributed by atoms with E-state index in [0.29, 0.717) is 5.54 Å². The molecule has 0 aliphatic heterocycles. The molecular formula is C18H36Si2. The van der Waals surface area contributed by atoms with E-state index >= 15 is 0 Å². The van der Waals surface area contributed by atoms with Crippen LogP contribution >= 0.6 is 0 Å². The maximum atomic E-state index is 3.69. The van der Waals surface area contributed by atoms with Gasteiger partial charge in [0.1, 0.15) is 8.07 Å². The van der Waals surface area contributed by atoms with Crippen LogP contribution < -0.4 is 0 Å². The highest BCUT2D eigenvalue weighted by Gasteiger charge is 2.26. The van der Waals surface area contributed by atoms with E-state index in [1.54, 1.807) is 0 Å². The molecule has 0 aliphatic carbocycles. The average molecular weight is 309 g/mol. The van der Waals surface area contributed by atoms with Gasteiger partial charge in [-0.15, -0.1) is 11.5 Å². The van der Waals surface area contributed by atoms with E-state index in [2.05, 4.69) is 77.6 Å². The highest BCUT2D eigenvalue weighted by atomic mass is 28.3. The highest BCUT2D eigenvalue weighted by molar-refractivity contribution is 6.84. The molecule has 0 rings (SSSR count). The Labute approximate surface area is 130 Å². The van der Waals surface area contributed by atoms with E-state index < -0.39 is 16.1 Å². The quantitative estimate of drug-likeness (QED) is 0.305. The predicted octanol–water partition coefficient (Wildman–Crippen LogP) is 6.35. The molecule has 0 aromatic rings. The Kier molecular flexibility index (Phi) is 8.13. The molecule has 0 amide bonds. The van der Waals surface area contributed by atoms with Gasteiger partial charge in [0, 0.05) is 5.54 Å². The molecule has 0 nitrogen and oxygen atoms in total. The SMILES string of the molecule is CC(C)=CCC[C@@H](C)CC(C#C[Si](C)(C)C)[Si](C)(C)C. The maximum absolute atomic E-state index is 3.69. The van der Waals surface area contributed by atoms with Crippen molar-refractivity contribution in [3.8, 4) is 11.5 Å². The summed E-state index contributed by atoms with van der Waals surface area (Å²) in [5.41, 5.74) is 5.72. The van der Waals surface area contributed by atoms with Crippen molar-refractivity contribution < 1.29 is 0 Å². The minimum atomic E-state index is -1.24. The van der Waals surface area contributed by atoms with Gasteiger partial charge in [-0.1, -0.05) is 57.9 Å². The lowest BCUT2D eigenvalue weighted by molar-refractivity contribution is 0.500. The molecule has 0 radical (unpaired) electrons. The Morgan fingerprint density at radius 3 is 2.00 bits per heavy atom. The van der Waals surface area contributed by atoms with Gasteiger partial charge in [0.2, 0.25) is 0 Å². The van der Waals surface area contributed by atoms with Crippen LogP contribution in [-0.2, 0) is 0 Å². The van der Waals surface area contributed by atoms with E-state index in [1.807, 2.05) is 0 Å². The monoisotopic (exact) mass is 308 g/mol. The summed E-state index contributed by atoms with van der Waals surface area (Å²) in [5.74, 6) is 4.48. The Balaban J connectivity index is 4.67. The molecule has 0 fully saturated rings. The van der Waals surface area contributed by atoms with Crippen molar-refractivity contribution in [2.24, 2.45) is 5.92 Å². The summed E-state index contributed by atoms with van der Waals surface area (Å²) in [6.07, 6.45) is 6.20. The van der Waals surface area contributed by atoms with Crippen LogP contribution in [0.15, 0.2) is 11.6 Å². The maximum Gasteiger partial charge on any atom is 0.129 e. The zero-order valence-corrected chi connectivity index (χ0v) is 17.4. The van der Waals surface area contributed by atoms with Gasteiger partial charge in [-0.25, -0.2) is 0 Å². The van der Waals surface area contributed by atoms with Gasteiger partial charge in [-0.2, -0.15) is 0 Å². The number of rotatable bonds is 6. The molecule has 116 valence electrons. The van der Waals surface area contributed by atoms with Crippen LogP contribution in [0.5, 0.6) is 0 Å². The molecule has 0 bridgehead atoms. The number of hydrogen-bond acceptors (Lipinski definition) is 0.